The molecule has 0 aromatic carbocycles. The Bertz CT molecular complexity index is 830. The highest BCUT2D eigenvalue weighted by Gasteiger charge is 2.33. The Morgan fingerprint density at radius 3 is 2.75 bits per heavy atom. The highest BCUT2D eigenvalue weighted by atomic mass is 32.1. The Morgan fingerprint density at radius 1 is 1.40 bits per heavy atom. The zero-order valence-corrected chi connectivity index (χ0v) is 11.0. The topological polar surface area (TPSA) is 50.2 Å². The number of aromatic amines is 1. The first-order chi connectivity index (χ1) is 9.38. The van der Waals surface area contributed by atoms with Gasteiger partial charge in [-0.2, -0.15) is 22.8 Å². The van der Waals surface area contributed by atoms with Crippen molar-refractivity contribution in [2.24, 2.45) is 0 Å². The molecule has 8 heteroatoms. The maximum absolute atomic E-state index is 12.8. The predicted molar refractivity (Wildman–Crippen MR) is 68.9 cm³/mol. The smallest absolute Gasteiger partial charge is 0.335 e. The first kappa shape index (κ1) is 12.9. The highest BCUT2D eigenvalue weighted by Crippen LogP contribution is 2.32. The molecule has 4 nitrogen and oxygen atoms in total. The fourth-order valence-electron chi connectivity index (χ4n) is 2.02. The van der Waals surface area contributed by atoms with Crippen LogP contribution < -0.4 is 5.56 Å². The summed E-state index contributed by atoms with van der Waals surface area (Å²) in [7, 11) is 0. The van der Waals surface area contributed by atoms with Crippen molar-refractivity contribution in [2.45, 2.75) is 13.1 Å². The number of alkyl halides is 3. The monoisotopic (exact) mass is 299 g/mol. The lowest BCUT2D eigenvalue weighted by Crippen LogP contribution is -2.19. The molecule has 0 saturated carbocycles. The summed E-state index contributed by atoms with van der Waals surface area (Å²) in [5.74, 6) is 0. The minimum Gasteiger partial charge on any atom is -0.335 e. The van der Waals surface area contributed by atoms with Crippen LogP contribution in [0.15, 0.2) is 28.4 Å². The van der Waals surface area contributed by atoms with Gasteiger partial charge < -0.3 is 4.98 Å². The van der Waals surface area contributed by atoms with Gasteiger partial charge in [0.05, 0.1) is 11.3 Å². The van der Waals surface area contributed by atoms with Gasteiger partial charge in [0.2, 0.25) is 0 Å². The second kappa shape index (κ2) is 4.20. The van der Waals surface area contributed by atoms with Crippen molar-refractivity contribution in [3.05, 3.63) is 45.3 Å². The van der Waals surface area contributed by atoms with Crippen LogP contribution in [-0.2, 0) is 6.18 Å². The number of nitrogens with zero attached hydrogens (tertiary/aromatic N) is 2. The molecule has 20 heavy (non-hydrogen) atoms. The number of halogens is 3. The second-order valence-electron chi connectivity index (χ2n) is 4.22. The van der Waals surface area contributed by atoms with Gasteiger partial charge in [-0.1, -0.05) is 6.07 Å². The largest absolute Gasteiger partial charge is 0.431 e. The molecule has 0 amide bonds. The van der Waals surface area contributed by atoms with Crippen LogP contribution in [-0.4, -0.2) is 14.6 Å². The Balaban J connectivity index is 2.39. The summed E-state index contributed by atoms with van der Waals surface area (Å²) in [6.07, 6.45) is -4.61. The quantitative estimate of drug-likeness (QED) is 0.750. The molecular formula is C12H8F3N3OS. The summed E-state index contributed by atoms with van der Waals surface area (Å²) in [5, 5.41) is 5.81. The van der Waals surface area contributed by atoms with Gasteiger partial charge in [0, 0.05) is 10.9 Å². The number of hydrogen-bond acceptors (Lipinski definition) is 3. The molecule has 0 aliphatic heterocycles. The summed E-state index contributed by atoms with van der Waals surface area (Å²) in [5.41, 5.74) is -0.808. The van der Waals surface area contributed by atoms with Crippen molar-refractivity contribution in [3.8, 4) is 10.4 Å². The summed E-state index contributed by atoms with van der Waals surface area (Å²) in [6, 6.07) is 4.07. The van der Waals surface area contributed by atoms with Crippen molar-refractivity contribution >= 4 is 17.0 Å². The van der Waals surface area contributed by atoms with Crippen LogP contribution in [0.4, 0.5) is 13.2 Å². The standard InChI is InChI=1S/C12H8F3N3OS/c1-6-10(7-3-2-4-20-7)11-16-8(12(13,14)15)5-9(19)18(11)17-6/h2-5,16H,1H3. The molecule has 104 valence electrons. The molecule has 3 aromatic rings. The fourth-order valence-corrected chi connectivity index (χ4v) is 2.84. The van der Waals surface area contributed by atoms with Gasteiger partial charge in [0.1, 0.15) is 11.3 Å². The SMILES string of the molecule is Cc1nn2c(=O)cc(C(F)(F)F)[nH]c2c1-c1cccs1. The minimum absolute atomic E-state index is 0.0600. The van der Waals surface area contributed by atoms with E-state index in [1.807, 2.05) is 5.38 Å². The Hall–Kier alpha value is -2.09. The van der Waals surface area contributed by atoms with Crippen molar-refractivity contribution in [2.75, 3.05) is 0 Å². The number of H-pyrrole nitrogens is 1. The van der Waals surface area contributed by atoms with Gasteiger partial charge in [-0.15, -0.1) is 11.3 Å². The summed E-state index contributed by atoms with van der Waals surface area (Å²) >= 11 is 1.37. The molecule has 0 fully saturated rings. The van der Waals surface area contributed by atoms with Crippen molar-refractivity contribution < 1.29 is 13.2 Å². The van der Waals surface area contributed by atoms with E-state index >= 15 is 0 Å². The Kier molecular flexibility index (Phi) is 2.72. The van der Waals surface area contributed by atoms with Gasteiger partial charge in [-0.05, 0) is 18.4 Å². The summed E-state index contributed by atoms with van der Waals surface area (Å²) in [6.45, 7) is 1.66. The van der Waals surface area contributed by atoms with E-state index < -0.39 is 17.4 Å². The number of fused-ring (bicyclic) bond motifs is 1. The zero-order valence-electron chi connectivity index (χ0n) is 10.2. The second-order valence-corrected chi connectivity index (χ2v) is 5.16. The van der Waals surface area contributed by atoms with E-state index in [0.717, 1.165) is 9.39 Å². The van der Waals surface area contributed by atoms with E-state index in [-0.39, 0.29) is 5.65 Å². The Morgan fingerprint density at radius 2 is 2.15 bits per heavy atom. The number of rotatable bonds is 1. The molecule has 0 bridgehead atoms. The first-order valence-electron chi connectivity index (χ1n) is 5.61. The van der Waals surface area contributed by atoms with Crippen LogP contribution in [0, 0.1) is 6.92 Å². The van der Waals surface area contributed by atoms with Crippen molar-refractivity contribution in [1.29, 1.82) is 0 Å². The minimum atomic E-state index is -4.61. The third-order valence-electron chi connectivity index (χ3n) is 2.86. The zero-order chi connectivity index (χ0) is 14.5. The highest BCUT2D eigenvalue weighted by molar-refractivity contribution is 7.13. The van der Waals surface area contributed by atoms with Crippen LogP contribution in [0.1, 0.15) is 11.4 Å². The van der Waals surface area contributed by atoms with Crippen molar-refractivity contribution in [1.82, 2.24) is 14.6 Å². The van der Waals surface area contributed by atoms with Gasteiger partial charge in [-0.25, -0.2) is 0 Å². The van der Waals surface area contributed by atoms with E-state index in [0.29, 0.717) is 17.3 Å². The first-order valence-corrected chi connectivity index (χ1v) is 6.49. The molecule has 0 spiro atoms. The molecule has 3 heterocycles. The molecule has 0 aliphatic carbocycles. The number of aromatic nitrogens is 3. The summed E-state index contributed by atoms with van der Waals surface area (Å²) in [4.78, 5) is 14.8. The number of thiophene rings is 1. The normalized spacial score (nSPS) is 12.2. The van der Waals surface area contributed by atoms with E-state index in [9.17, 15) is 18.0 Å². The van der Waals surface area contributed by atoms with Gasteiger partial charge in [-0.3, -0.25) is 4.79 Å². The number of hydrogen-bond donors (Lipinski definition) is 1. The molecule has 0 atom stereocenters. The molecule has 0 aliphatic rings. The Labute approximate surface area is 114 Å². The van der Waals surface area contributed by atoms with E-state index in [1.54, 1.807) is 19.1 Å². The van der Waals surface area contributed by atoms with Crippen LogP contribution in [0.3, 0.4) is 0 Å². The van der Waals surface area contributed by atoms with Crippen molar-refractivity contribution in [3.63, 3.8) is 0 Å². The van der Waals surface area contributed by atoms with Crippen LogP contribution in [0.2, 0.25) is 0 Å². The third-order valence-corrected chi connectivity index (χ3v) is 3.75. The lowest BCUT2D eigenvalue weighted by Gasteiger charge is -2.07. The fraction of sp³-hybridized carbons (Fsp3) is 0.167. The lowest BCUT2D eigenvalue weighted by molar-refractivity contribution is -0.141. The van der Waals surface area contributed by atoms with Crippen LogP contribution in [0.25, 0.3) is 16.1 Å². The average Bonchev–Trinajstić information content (AvgIpc) is 2.94. The average molecular weight is 299 g/mol. The molecular weight excluding hydrogens is 291 g/mol. The molecule has 3 rings (SSSR count). The predicted octanol–water partition coefficient (Wildman–Crippen LogP) is 3.08. The molecule has 1 N–H and O–H groups in total. The van der Waals surface area contributed by atoms with Crippen LogP contribution in [0.5, 0.6) is 0 Å². The van der Waals surface area contributed by atoms with Gasteiger partial charge in [0.25, 0.3) is 5.56 Å². The van der Waals surface area contributed by atoms with Gasteiger partial charge in [0.15, 0.2) is 0 Å². The molecule has 0 unspecified atom stereocenters. The maximum atomic E-state index is 12.8. The summed E-state index contributed by atoms with van der Waals surface area (Å²) < 4.78 is 39.3. The number of aryl methyl sites for hydroxylation is 1. The molecule has 0 radical (unpaired) electrons. The van der Waals surface area contributed by atoms with Crippen LogP contribution >= 0.6 is 11.3 Å². The van der Waals surface area contributed by atoms with E-state index in [2.05, 4.69) is 10.1 Å². The van der Waals surface area contributed by atoms with E-state index in [4.69, 9.17) is 0 Å². The molecule has 0 saturated heterocycles. The lowest BCUT2D eigenvalue weighted by atomic mass is 10.2. The maximum Gasteiger partial charge on any atom is 0.431 e. The molecule has 3 aromatic heterocycles. The van der Waals surface area contributed by atoms with E-state index in [1.165, 1.54) is 11.3 Å². The third kappa shape index (κ3) is 1.92. The van der Waals surface area contributed by atoms with Gasteiger partial charge >= 0.3 is 6.18 Å². The number of nitrogens with one attached hydrogen (secondary N) is 1.